The zero-order chi connectivity index (χ0) is 12.0. The van der Waals surface area contributed by atoms with Gasteiger partial charge in [-0.3, -0.25) is 0 Å². The van der Waals surface area contributed by atoms with Gasteiger partial charge in [0.1, 0.15) is 0 Å². The minimum absolute atomic E-state index is 0.636. The highest BCUT2D eigenvalue weighted by Gasteiger charge is 2.09. The second-order valence-corrected chi connectivity index (χ2v) is 4.44. The van der Waals surface area contributed by atoms with E-state index in [1.807, 2.05) is 13.8 Å². The molecule has 0 heterocycles. The van der Waals surface area contributed by atoms with Crippen molar-refractivity contribution in [3.8, 4) is 0 Å². The second-order valence-electron chi connectivity index (χ2n) is 4.44. The molecule has 0 aromatic heterocycles. The molecule has 86 valence electrons. The first kappa shape index (κ1) is 14.2. The van der Waals surface area contributed by atoms with E-state index in [0.29, 0.717) is 11.8 Å². The third-order valence-corrected chi connectivity index (χ3v) is 2.49. The van der Waals surface area contributed by atoms with E-state index in [9.17, 15) is 0 Å². The third-order valence-electron chi connectivity index (χ3n) is 2.49. The molecule has 0 nitrogen and oxygen atoms in total. The molecule has 0 radical (unpaired) electrons. The first-order valence-electron chi connectivity index (χ1n) is 6.12. The van der Waals surface area contributed by atoms with Crippen molar-refractivity contribution in [1.82, 2.24) is 0 Å². The predicted octanol–water partition coefficient (Wildman–Crippen LogP) is 5.27. The first-order chi connectivity index (χ1) is 7.02. The van der Waals surface area contributed by atoms with Crippen LogP contribution in [0.1, 0.15) is 70.1 Å². The fourth-order valence-electron chi connectivity index (χ4n) is 1.72. The minimum Gasteiger partial charge on any atom is -0.0683 e. The zero-order valence-corrected chi connectivity index (χ0v) is 11.4. The Labute approximate surface area is 95.7 Å². The average molecular weight is 206 g/mol. The van der Waals surface area contributed by atoms with E-state index in [2.05, 4.69) is 52.8 Å². The second kappa shape index (κ2) is 6.66. The van der Waals surface area contributed by atoms with Gasteiger partial charge in [0.05, 0.1) is 0 Å². The minimum atomic E-state index is 0.636. The molecule has 0 unspecified atom stereocenters. The van der Waals surface area contributed by atoms with Crippen LogP contribution in [0.4, 0.5) is 0 Å². The fraction of sp³-hybridized carbons (Fsp3) is 0.600. The smallest absolute Gasteiger partial charge is 0.0216 e. The lowest BCUT2D eigenvalue weighted by Gasteiger charge is -2.16. The number of benzene rings is 1. The number of hydrogen-bond donors (Lipinski definition) is 0. The van der Waals surface area contributed by atoms with Gasteiger partial charge in [-0.25, -0.2) is 0 Å². The van der Waals surface area contributed by atoms with Crippen LogP contribution in [0.2, 0.25) is 0 Å². The molecule has 1 aromatic carbocycles. The van der Waals surface area contributed by atoms with Crippen LogP contribution >= 0.6 is 0 Å². The molecule has 0 saturated heterocycles. The number of rotatable bonds is 2. The van der Waals surface area contributed by atoms with Crippen molar-refractivity contribution in [1.29, 1.82) is 0 Å². The molecule has 0 fully saturated rings. The summed E-state index contributed by atoms with van der Waals surface area (Å²) in [4.78, 5) is 0. The highest BCUT2D eigenvalue weighted by molar-refractivity contribution is 5.35. The molecule has 0 aliphatic rings. The van der Waals surface area contributed by atoms with Gasteiger partial charge in [0.25, 0.3) is 0 Å². The maximum Gasteiger partial charge on any atom is -0.0216 e. The van der Waals surface area contributed by atoms with Crippen LogP contribution in [-0.4, -0.2) is 0 Å². The van der Waals surface area contributed by atoms with E-state index < -0.39 is 0 Å². The molecule has 0 aliphatic carbocycles. The van der Waals surface area contributed by atoms with Crippen molar-refractivity contribution in [2.45, 2.75) is 60.3 Å². The lowest BCUT2D eigenvalue weighted by atomic mass is 9.89. The van der Waals surface area contributed by atoms with E-state index in [1.165, 1.54) is 16.7 Å². The molecule has 15 heavy (non-hydrogen) atoms. The van der Waals surface area contributed by atoms with Crippen molar-refractivity contribution in [2.75, 3.05) is 0 Å². The van der Waals surface area contributed by atoms with E-state index in [4.69, 9.17) is 0 Å². The molecule has 0 amide bonds. The van der Waals surface area contributed by atoms with Gasteiger partial charge in [-0.2, -0.15) is 0 Å². The van der Waals surface area contributed by atoms with Crippen LogP contribution in [0.5, 0.6) is 0 Å². The Balaban J connectivity index is 0.000000921. The predicted molar refractivity (Wildman–Crippen MR) is 70.7 cm³/mol. The van der Waals surface area contributed by atoms with Crippen LogP contribution in [-0.2, 0) is 0 Å². The van der Waals surface area contributed by atoms with Gasteiger partial charge in [0.15, 0.2) is 0 Å². The maximum absolute atomic E-state index is 2.32. The Morgan fingerprint density at radius 3 is 1.67 bits per heavy atom. The standard InChI is InChI=1S/C13H20.C2H6/c1-9(2)12-7-6-11(5)8-13(12)10(3)4;1-2/h6-10H,1-5H3;1-2H3. The normalized spacial score (nSPS) is 10.2. The van der Waals surface area contributed by atoms with Gasteiger partial charge >= 0.3 is 0 Å². The summed E-state index contributed by atoms with van der Waals surface area (Å²) in [6.07, 6.45) is 0. The maximum atomic E-state index is 2.32. The van der Waals surface area contributed by atoms with Gasteiger partial charge in [0, 0.05) is 0 Å². The quantitative estimate of drug-likeness (QED) is 0.618. The van der Waals surface area contributed by atoms with Crippen molar-refractivity contribution >= 4 is 0 Å². The third kappa shape index (κ3) is 4.07. The van der Waals surface area contributed by atoms with E-state index >= 15 is 0 Å². The van der Waals surface area contributed by atoms with Crippen LogP contribution < -0.4 is 0 Å². The molecule has 0 aliphatic heterocycles. The van der Waals surface area contributed by atoms with Crippen molar-refractivity contribution in [2.24, 2.45) is 0 Å². The van der Waals surface area contributed by atoms with Crippen LogP contribution in [0.25, 0.3) is 0 Å². The average Bonchev–Trinajstić information content (AvgIpc) is 2.20. The summed E-state index contributed by atoms with van der Waals surface area (Å²) < 4.78 is 0. The highest BCUT2D eigenvalue weighted by atomic mass is 14.1. The van der Waals surface area contributed by atoms with E-state index in [-0.39, 0.29) is 0 Å². The van der Waals surface area contributed by atoms with Crippen molar-refractivity contribution < 1.29 is 0 Å². The molecule has 0 heteroatoms. The lowest BCUT2D eigenvalue weighted by molar-refractivity contribution is 0.789. The van der Waals surface area contributed by atoms with Gasteiger partial charge in [0.2, 0.25) is 0 Å². The van der Waals surface area contributed by atoms with Gasteiger partial charge in [-0.15, -0.1) is 0 Å². The SMILES string of the molecule is CC.Cc1ccc(C(C)C)c(C(C)C)c1. The topological polar surface area (TPSA) is 0 Å². The van der Waals surface area contributed by atoms with Crippen LogP contribution in [0.3, 0.4) is 0 Å². The molecular weight excluding hydrogens is 180 g/mol. The van der Waals surface area contributed by atoms with Gasteiger partial charge in [-0.05, 0) is 29.9 Å². The summed E-state index contributed by atoms with van der Waals surface area (Å²) in [5.74, 6) is 1.27. The Bertz CT molecular complexity index is 282. The Morgan fingerprint density at radius 2 is 1.27 bits per heavy atom. The summed E-state index contributed by atoms with van der Waals surface area (Å²) in [5.41, 5.74) is 4.38. The number of aryl methyl sites for hydroxylation is 1. The molecular formula is C15H26. The Morgan fingerprint density at radius 1 is 0.800 bits per heavy atom. The lowest BCUT2D eigenvalue weighted by Crippen LogP contribution is -1.98. The molecule has 0 atom stereocenters. The fourth-order valence-corrected chi connectivity index (χ4v) is 1.72. The first-order valence-corrected chi connectivity index (χ1v) is 6.12. The van der Waals surface area contributed by atoms with Crippen molar-refractivity contribution in [3.05, 3.63) is 34.9 Å². The molecule has 1 aromatic rings. The molecule has 0 saturated carbocycles. The summed E-state index contributed by atoms with van der Waals surface area (Å²) in [6, 6.07) is 6.80. The van der Waals surface area contributed by atoms with Gasteiger partial charge in [-0.1, -0.05) is 65.3 Å². The zero-order valence-electron chi connectivity index (χ0n) is 11.4. The van der Waals surface area contributed by atoms with Crippen molar-refractivity contribution in [3.63, 3.8) is 0 Å². The molecule has 0 bridgehead atoms. The monoisotopic (exact) mass is 206 g/mol. The largest absolute Gasteiger partial charge is 0.0683 e. The Kier molecular flexibility index (Phi) is 6.31. The Hall–Kier alpha value is -0.780. The van der Waals surface area contributed by atoms with Crippen LogP contribution in [0, 0.1) is 6.92 Å². The highest BCUT2D eigenvalue weighted by Crippen LogP contribution is 2.26. The molecule has 0 N–H and O–H groups in total. The van der Waals surface area contributed by atoms with Crippen LogP contribution in [0.15, 0.2) is 18.2 Å². The molecule has 0 spiro atoms. The molecule has 1 rings (SSSR count). The van der Waals surface area contributed by atoms with E-state index in [0.717, 1.165) is 0 Å². The van der Waals surface area contributed by atoms with Gasteiger partial charge < -0.3 is 0 Å². The van der Waals surface area contributed by atoms with E-state index in [1.54, 1.807) is 0 Å². The summed E-state index contributed by atoms with van der Waals surface area (Å²) in [7, 11) is 0. The summed E-state index contributed by atoms with van der Waals surface area (Å²) in [6.45, 7) is 15.2. The summed E-state index contributed by atoms with van der Waals surface area (Å²) in [5, 5.41) is 0. The summed E-state index contributed by atoms with van der Waals surface area (Å²) >= 11 is 0. The number of hydrogen-bond acceptors (Lipinski definition) is 0.